The van der Waals surface area contributed by atoms with Gasteiger partial charge in [0.15, 0.2) is 0 Å². The molecule has 1 aromatic carbocycles. The molecule has 4 saturated carbocycles. The normalized spacial score (nSPS) is 38.4. The number of para-hydroxylation sites is 1. The fourth-order valence-electron chi connectivity index (χ4n) is 5.31. The minimum absolute atomic E-state index is 0.242. The maximum atomic E-state index is 10.0. The average molecular weight is 292 g/mol. The molecule has 0 radical (unpaired) electrons. The Morgan fingerprint density at radius 1 is 1.10 bits per heavy atom. The molecule has 0 aromatic heterocycles. The molecule has 2 N–H and O–H groups in total. The van der Waals surface area contributed by atoms with Crippen LogP contribution in [0.5, 0.6) is 5.75 Å². The number of halogens is 1. The molecular weight excluding hydrogens is 270 g/mol. The number of phenolic OH excluding ortho intramolecular Hbond substituents is 1. The monoisotopic (exact) mass is 291 g/mol. The van der Waals surface area contributed by atoms with Crippen molar-refractivity contribution in [2.45, 2.75) is 50.6 Å². The van der Waals surface area contributed by atoms with Crippen LogP contribution in [0.3, 0.4) is 0 Å². The van der Waals surface area contributed by atoms with Gasteiger partial charge in [0.25, 0.3) is 0 Å². The lowest BCUT2D eigenvalue weighted by molar-refractivity contribution is -0.0206. The lowest BCUT2D eigenvalue weighted by Gasteiger charge is -2.57. The zero-order chi connectivity index (χ0) is 13.7. The molecule has 0 spiro atoms. The standard InChI is InChI=1S/C17H22ClNO/c18-15-3-1-2-14(16(15)20)10-19-17-7-11-4-12(8-17)6-13(5-11)9-17/h1-3,11-13,19-20H,4-10H2. The molecule has 108 valence electrons. The lowest BCUT2D eigenvalue weighted by Crippen LogP contribution is -2.58. The Labute approximate surface area is 125 Å². The third kappa shape index (κ3) is 2.14. The second-order valence-corrected chi connectivity index (χ2v) is 7.71. The van der Waals surface area contributed by atoms with Gasteiger partial charge in [0, 0.05) is 17.6 Å². The fraction of sp³-hybridized carbons (Fsp3) is 0.647. The van der Waals surface area contributed by atoms with E-state index in [1.807, 2.05) is 12.1 Å². The van der Waals surface area contributed by atoms with E-state index in [4.69, 9.17) is 11.6 Å². The summed E-state index contributed by atoms with van der Waals surface area (Å²) < 4.78 is 0. The van der Waals surface area contributed by atoms with Gasteiger partial charge in [-0.05, 0) is 62.3 Å². The number of phenols is 1. The minimum Gasteiger partial charge on any atom is -0.506 e. The number of hydrogen-bond acceptors (Lipinski definition) is 2. The van der Waals surface area contributed by atoms with Gasteiger partial charge in [-0.15, -0.1) is 0 Å². The zero-order valence-electron chi connectivity index (χ0n) is 11.7. The first-order chi connectivity index (χ1) is 9.63. The van der Waals surface area contributed by atoms with E-state index in [9.17, 15) is 5.11 Å². The molecular formula is C17H22ClNO. The van der Waals surface area contributed by atoms with Crippen molar-refractivity contribution in [2.75, 3.05) is 0 Å². The van der Waals surface area contributed by atoms with Crippen LogP contribution in [-0.4, -0.2) is 10.6 Å². The predicted molar refractivity (Wildman–Crippen MR) is 80.9 cm³/mol. The van der Waals surface area contributed by atoms with Crippen molar-refractivity contribution < 1.29 is 5.11 Å². The van der Waals surface area contributed by atoms with E-state index < -0.39 is 0 Å². The largest absolute Gasteiger partial charge is 0.506 e. The summed E-state index contributed by atoms with van der Waals surface area (Å²) in [6.07, 6.45) is 8.39. The van der Waals surface area contributed by atoms with Crippen molar-refractivity contribution >= 4 is 11.6 Å². The molecule has 5 rings (SSSR count). The third-order valence-electron chi connectivity index (χ3n) is 5.76. The maximum absolute atomic E-state index is 10.0. The molecule has 0 saturated heterocycles. The first kappa shape index (κ1) is 13.0. The topological polar surface area (TPSA) is 32.3 Å². The highest BCUT2D eigenvalue weighted by atomic mass is 35.5. The van der Waals surface area contributed by atoms with Crippen LogP contribution in [-0.2, 0) is 6.54 Å². The Morgan fingerprint density at radius 3 is 2.30 bits per heavy atom. The van der Waals surface area contributed by atoms with E-state index in [-0.39, 0.29) is 5.75 Å². The summed E-state index contributed by atoms with van der Waals surface area (Å²) in [6, 6.07) is 5.62. The van der Waals surface area contributed by atoms with E-state index in [1.165, 1.54) is 38.5 Å². The fourth-order valence-corrected chi connectivity index (χ4v) is 5.51. The van der Waals surface area contributed by atoms with E-state index in [1.54, 1.807) is 6.07 Å². The van der Waals surface area contributed by atoms with Gasteiger partial charge in [-0.25, -0.2) is 0 Å². The first-order valence-corrected chi connectivity index (χ1v) is 8.23. The Hall–Kier alpha value is -0.730. The van der Waals surface area contributed by atoms with E-state index in [2.05, 4.69) is 5.32 Å². The minimum atomic E-state index is 0.242. The second-order valence-electron chi connectivity index (χ2n) is 7.30. The number of nitrogens with one attached hydrogen (secondary N) is 1. The highest BCUT2D eigenvalue weighted by Crippen LogP contribution is 2.55. The smallest absolute Gasteiger partial charge is 0.138 e. The number of aromatic hydroxyl groups is 1. The molecule has 0 aliphatic heterocycles. The maximum Gasteiger partial charge on any atom is 0.138 e. The SMILES string of the molecule is Oc1c(Cl)cccc1CNC12CC3CC(CC(C3)C1)C2. The van der Waals surface area contributed by atoms with Gasteiger partial charge in [-0.1, -0.05) is 23.7 Å². The van der Waals surface area contributed by atoms with Crippen molar-refractivity contribution in [1.82, 2.24) is 5.32 Å². The Balaban J connectivity index is 1.50. The van der Waals surface area contributed by atoms with Crippen LogP contribution in [0.1, 0.15) is 44.1 Å². The van der Waals surface area contributed by atoms with Gasteiger partial charge in [0.05, 0.1) is 5.02 Å². The van der Waals surface area contributed by atoms with E-state index in [0.717, 1.165) is 29.9 Å². The van der Waals surface area contributed by atoms with Gasteiger partial charge in [-0.2, -0.15) is 0 Å². The molecule has 1 aromatic rings. The van der Waals surface area contributed by atoms with E-state index in [0.29, 0.717) is 10.6 Å². The summed E-state index contributed by atoms with van der Waals surface area (Å²) in [5.41, 5.74) is 1.26. The van der Waals surface area contributed by atoms with Crippen LogP contribution in [0.4, 0.5) is 0 Å². The number of rotatable bonds is 3. The quantitative estimate of drug-likeness (QED) is 0.878. The molecule has 3 heteroatoms. The van der Waals surface area contributed by atoms with Crippen LogP contribution in [0.25, 0.3) is 0 Å². The summed E-state index contributed by atoms with van der Waals surface area (Å²) >= 11 is 5.99. The van der Waals surface area contributed by atoms with Crippen molar-refractivity contribution in [1.29, 1.82) is 0 Å². The molecule has 4 fully saturated rings. The number of benzene rings is 1. The first-order valence-electron chi connectivity index (χ1n) is 7.85. The van der Waals surface area contributed by atoms with E-state index >= 15 is 0 Å². The summed E-state index contributed by atoms with van der Waals surface area (Å²) in [7, 11) is 0. The highest BCUT2D eigenvalue weighted by molar-refractivity contribution is 6.32. The molecule has 20 heavy (non-hydrogen) atoms. The van der Waals surface area contributed by atoms with Crippen LogP contribution in [0.15, 0.2) is 18.2 Å². The van der Waals surface area contributed by atoms with Crippen LogP contribution in [0.2, 0.25) is 5.02 Å². The second kappa shape index (κ2) is 4.64. The van der Waals surface area contributed by atoms with Gasteiger partial charge >= 0.3 is 0 Å². The van der Waals surface area contributed by atoms with Gasteiger partial charge < -0.3 is 10.4 Å². The predicted octanol–water partition coefficient (Wildman–Crippen LogP) is 4.10. The average Bonchev–Trinajstić information content (AvgIpc) is 2.39. The Kier molecular flexibility index (Phi) is 3.01. The molecule has 0 atom stereocenters. The van der Waals surface area contributed by atoms with Gasteiger partial charge in [0.2, 0.25) is 0 Å². The molecule has 0 unspecified atom stereocenters. The summed E-state index contributed by atoms with van der Waals surface area (Å²) in [6.45, 7) is 0.735. The van der Waals surface area contributed by atoms with Gasteiger partial charge in [0.1, 0.15) is 5.75 Å². The van der Waals surface area contributed by atoms with Gasteiger partial charge in [-0.3, -0.25) is 0 Å². The molecule has 0 amide bonds. The summed E-state index contributed by atoms with van der Waals surface area (Å²) in [5.74, 6) is 3.08. The summed E-state index contributed by atoms with van der Waals surface area (Å²) in [4.78, 5) is 0. The zero-order valence-corrected chi connectivity index (χ0v) is 12.5. The molecule has 0 heterocycles. The molecule has 4 aliphatic carbocycles. The van der Waals surface area contributed by atoms with Crippen LogP contribution >= 0.6 is 11.6 Å². The lowest BCUT2D eigenvalue weighted by atomic mass is 9.53. The Morgan fingerprint density at radius 2 is 1.70 bits per heavy atom. The van der Waals surface area contributed by atoms with Crippen molar-refractivity contribution in [3.05, 3.63) is 28.8 Å². The van der Waals surface area contributed by atoms with Crippen molar-refractivity contribution in [3.63, 3.8) is 0 Å². The van der Waals surface area contributed by atoms with Crippen LogP contribution in [0, 0.1) is 17.8 Å². The van der Waals surface area contributed by atoms with Crippen molar-refractivity contribution in [3.8, 4) is 5.75 Å². The Bertz CT molecular complexity index is 492. The molecule has 2 nitrogen and oxygen atoms in total. The van der Waals surface area contributed by atoms with Crippen LogP contribution < -0.4 is 5.32 Å². The summed E-state index contributed by atoms with van der Waals surface area (Å²) in [5, 5.41) is 14.3. The molecule has 4 aliphatic rings. The number of hydrogen-bond donors (Lipinski definition) is 2. The highest BCUT2D eigenvalue weighted by Gasteiger charge is 2.50. The van der Waals surface area contributed by atoms with Crippen molar-refractivity contribution in [2.24, 2.45) is 17.8 Å². The third-order valence-corrected chi connectivity index (χ3v) is 6.07. The molecule has 4 bridgehead atoms.